The van der Waals surface area contributed by atoms with Crippen molar-refractivity contribution in [1.29, 1.82) is 0 Å². The van der Waals surface area contributed by atoms with Crippen molar-refractivity contribution < 1.29 is 9.18 Å². The Morgan fingerprint density at radius 3 is 2.76 bits per heavy atom. The van der Waals surface area contributed by atoms with Crippen LogP contribution in [0.2, 0.25) is 0 Å². The van der Waals surface area contributed by atoms with Gasteiger partial charge in [0.05, 0.1) is 12.1 Å². The molecule has 17 heavy (non-hydrogen) atoms. The van der Waals surface area contributed by atoms with E-state index in [1.807, 2.05) is 13.8 Å². The minimum Gasteiger partial charge on any atom is -0.350 e. The Kier molecular flexibility index (Phi) is 4.68. The highest BCUT2D eigenvalue weighted by atomic mass is 19.1. The van der Waals surface area contributed by atoms with E-state index in [0.29, 0.717) is 5.56 Å². The van der Waals surface area contributed by atoms with Gasteiger partial charge in [0.1, 0.15) is 5.82 Å². The van der Waals surface area contributed by atoms with Gasteiger partial charge in [-0.1, -0.05) is 11.8 Å². The minimum atomic E-state index is -0.577. The van der Waals surface area contributed by atoms with Crippen molar-refractivity contribution in [3.05, 3.63) is 35.1 Å². The average Bonchev–Trinajstić information content (AvgIpc) is 2.25. The van der Waals surface area contributed by atoms with Crippen molar-refractivity contribution in [1.82, 2.24) is 5.32 Å². The molecule has 0 fully saturated rings. The van der Waals surface area contributed by atoms with Crippen molar-refractivity contribution in [3.63, 3.8) is 0 Å². The summed E-state index contributed by atoms with van der Waals surface area (Å²) in [6, 6.07) is 4.23. The lowest BCUT2D eigenvalue weighted by molar-refractivity contribution is 0.0939. The van der Waals surface area contributed by atoms with E-state index in [1.54, 1.807) is 6.07 Å². The van der Waals surface area contributed by atoms with Crippen molar-refractivity contribution in [3.8, 4) is 11.8 Å². The van der Waals surface area contributed by atoms with Gasteiger partial charge in [0, 0.05) is 11.6 Å². The van der Waals surface area contributed by atoms with Crippen molar-refractivity contribution >= 4 is 5.91 Å². The molecular formula is C13H15FN2O. The van der Waals surface area contributed by atoms with Gasteiger partial charge in [-0.25, -0.2) is 4.39 Å². The van der Waals surface area contributed by atoms with Crippen LogP contribution in [0.4, 0.5) is 4.39 Å². The highest BCUT2D eigenvalue weighted by Gasteiger charge is 2.12. The molecule has 4 heteroatoms. The molecule has 0 heterocycles. The van der Waals surface area contributed by atoms with Crippen LogP contribution < -0.4 is 11.1 Å². The molecule has 0 unspecified atom stereocenters. The van der Waals surface area contributed by atoms with E-state index in [4.69, 9.17) is 5.73 Å². The molecule has 0 aromatic heterocycles. The van der Waals surface area contributed by atoms with Crippen LogP contribution in [-0.2, 0) is 0 Å². The van der Waals surface area contributed by atoms with Crippen LogP contribution in [0.25, 0.3) is 0 Å². The highest BCUT2D eigenvalue weighted by molar-refractivity contribution is 5.94. The first-order valence-electron chi connectivity index (χ1n) is 5.34. The fourth-order valence-corrected chi connectivity index (χ4v) is 1.27. The second-order valence-electron chi connectivity index (χ2n) is 3.83. The van der Waals surface area contributed by atoms with Gasteiger partial charge in [0.25, 0.3) is 5.91 Å². The van der Waals surface area contributed by atoms with Crippen LogP contribution >= 0.6 is 0 Å². The lowest BCUT2D eigenvalue weighted by Gasteiger charge is -2.08. The fraction of sp³-hybridized carbons (Fsp3) is 0.308. The number of rotatable bonds is 2. The van der Waals surface area contributed by atoms with Gasteiger partial charge in [0.2, 0.25) is 0 Å². The summed E-state index contributed by atoms with van der Waals surface area (Å²) in [5.74, 6) is 4.33. The van der Waals surface area contributed by atoms with E-state index in [0.717, 1.165) is 0 Å². The summed E-state index contributed by atoms with van der Waals surface area (Å²) in [4.78, 5) is 11.6. The molecule has 3 N–H and O–H groups in total. The predicted octanol–water partition coefficient (Wildman–Crippen LogP) is 1.27. The Labute approximate surface area is 100 Å². The maximum Gasteiger partial charge on any atom is 0.254 e. The van der Waals surface area contributed by atoms with Crippen LogP contribution in [0.3, 0.4) is 0 Å². The SMILES string of the molecule is CC(C)NC(=O)c1ccc(C#CCN)cc1F. The van der Waals surface area contributed by atoms with Gasteiger partial charge in [-0.15, -0.1) is 0 Å². The first kappa shape index (κ1) is 13.2. The molecule has 0 radical (unpaired) electrons. The summed E-state index contributed by atoms with van der Waals surface area (Å²) < 4.78 is 13.6. The Balaban J connectivity index is 2.93. The number of hydrogen-bond donors (Lipinski definition) is 2. The maximum absolute atomic E-state index is 13.6. The number of nitrogens with two attached hydrogens (primary N) is 1. The van der Waals surface area contributed by atoms with Crippen LogP contribution in [0, 0.1) is 17.7 Å². The first-order chi connectivity index (χ1) is 8.04. The minimum absolute atomic E-state index is 0.0250. The Bertz CT molecular complexity index is 472. The maximum atomic E-state index is 13.6. The van der Waals surface area contributed by atoms with E-state index in [1.165, 1.54) is 12.1 Å². The van der Waals surface area contributed by atoms with Gasteiger partial charge in [0.15, 0.2) is 0 Å². The summed E-state index contributed by atoms with van der Waals surface area (Å²) >= 11 is 0. The third-order valence-corrected chi connectivity index (χ3v) is 1.97. The summed E-state index contributed by atoms with van der Waals surface area (Å²) in [5, 5.41) is 2.63. The molecule has 0 atom stereocenters. The number of amides is 1. The summed E-state index contributed by atoms with van der Waals surface area (Å²) in [6.07, 6.45) is 0. The number of hydrogen-bond acceptors (Lipinski definition) is 2. The lowest BCUT2D eigenvalue weighted by atomic mass is 10.1. The Hall–Kier alpha value is -1.86. The predicted molar refractivity (Wildman–Crippen MR) is 64.9 cm³/mol. The molecule has 1 aromatic carbocycles. The molecule has 0 saturated heterocycles. The second kappa shape index (κ2) is 6.02. The molecule has 1 aromatic rings. The zero-order valence-corrected chi connectivity index (χ0v) is 9.88. The van der Waals surface area contributed by atoms with Gasteiger partial charge >= 0.3 is 0 Å². The molecule has 0 aliphatic rings. The van der Waals surface area contributed by atoms with E-state index < -0.39 is 11.7 Å². The summed E-state index contributed by atoms with van der Waals surface area (Å²) in [7, 11) is 0. The molecule has 0 aliphatic carbocycles. The molecule has 0 spiro atoms. The molecule has 0 saturated carbocycles. The topological polar surface area (TPSA) is 55.1 Å². The zero-order valence-electron chi connectivity index (χ0n) is 9.88. The molecule has 1 amide bonds. The smallest absolute Gasteiger partial charge is 0.254 e. The third kappa shape index (κ3) is 3.89. The summed E-state index contributed by atoms with van der Waals surface area (Å²) in [5.41, 5.74) is 5.75. The van der Waals surface area contributed by atoms with Crippen LogP contribution in [0.1, 0.15) is 29.8 Å². The monoisotopic (exact) mass is 234 g/mol. The van der Waals surface area contributed by atoms with Gasteiger partial charge in [-0.05, 0) is 32.0 Å². The van der Waals surface area contributed by atoms with Crippen LogP contribution in [0.5, 0.6) is 0 Å². The molecule has 3 nitrogen and oxygen atoms in total. The van der Waals surface area contributed by atoms with Crippen molar-refractivity contribution in [2.24, 2.45) is 5.73 Å². The molecule has 0 aliphatic heterocycles. The first-order valence-corrected chi connectivity index (χ1v) is 5.34. The van der Waals surface area contributed by atoms with E-state index in [9.17, 15) is 9.18 Å². The number of halogens is 1. The molecule has 0 bridgehead atoms. The third-order valence-electron chi connectivity index (χ3n) is 1.97. The lowest BCUT2D eigenvalue weighted by Crippen LogP contribution is -2.30. The Morgan fingerprint density at radius 2 is 2.24 bits per heavy atom. The highest BCUT2D eigenvalue weighted by Crippen LogP contribution is 2.10. The average molecular weight is 234 g/mol. The van der Waals surface area contributed by atoms with Gasteiger partial charge in [-0.2, -0.15) is 0 Å². The quantitative estimate of drug-likeness (QED) is 0.757. The van der Waals surface area contributed by atoms with Crippen molar-refractivity contribution in [2.45, 2.75) is 19.9 Å². The fourth-order valence-electron chi connectivity index (χ4n) is 1.27. The summed E-state index contributed by atoms with van der Waals surface area (Å²) in [6.45, 7) is 3.85. The standard InChI is InChI=1S/C13H15FN2O/c1-9(2)16-13(17)11-6-5-10(4-3-7-15)8-12(11)14/h5-6,8-9H,7,15H2,1-2H3,(H,16,17). The van der Waals surface area contributed by atoms with Crippen LogP contribution in [-0.4, -0.2) is 18.5 Å². The number of carbonyl (C=O) groups is 1. The van der Waals surface area contributed by atoms with E-state index >= 15 is 0 Å². The number of benzene rings is 1. The molecule has 1 rings (SSSR count). The molecule has 90 valence electrons. The number of nitrogens with one attached hydrogen (secondary N) is 1. The van der Waals surface area contributed by atoms with E-state index in [-0.39, 0.29) is 18.2 Å². The van der Waals surface area contributed by atoms with Crippen molar-refractivity contribution in [2.75, 3.05) is 6.54 Å². The van der Waals surface area contributed by atoms with E-state index in [2.05, 4.69) is 17.2 Å². The Morgan fingerprint density at radius 1 is 1.53 bits per heavy atom. The van der Waals surface area contributed by atoms with Gasteiger partial charge in [-0.3, -0.25) is 4.79 Å². The van der Waals surface area contributed by atoms with Gasteiger partial charge < -0.3 is 11.1 Å². The normalized spacial score (nSPS) is 9.71. The molecular weight excluding hydrogens is 219 g/mol. The number of carbonyl (C=O) groups excluding carboxylic acids is 1. The second-order valence-corrected chi connectivity index (χ2v) is 3.83. The zero-order chi connectivity index (χ0) is 12.8. The van der Waals surface area contributed by atoms with Crippen LogP contribution in [0.15, 0.2) is 18.2 Å². The largest absolute Gasteiger partial charge is 0.350 e.